The SMILES string of the molecule is C=C/C=C(\C)C(CO)C(=O)OC1C[C@H]2CC[C@@H](C1)N2C. The molecule has 0 aliphatic carbocycles. The fraction of sp³-hybridized carbons (Fsp3) is 0.688. The highest BCUT2D eigenvalue weighted by Crippen LogP contribution is 2.35. The summed E-state index contributed by atoms with van der Waals surface area (Å²) in [6.45, 7) is 5.22. The van der Waals surface area contributed by atoms with Gasteiger partial charge >= 0.3 is 5.97 Å². The van der Waals surface area contributed by atoms with Crippen molar-refractivity contribution < 1.29 is 14.6 Å². The lowest BCUT2D eigenvalue weighted by molar-refractivity contribution is -0.157. The number of hydrogen-bond donors (Lipinski definition) is 1. The molecule has 0 spiro atoms. The first kappa shape index (κ1) is 15.3. The van der Waals surface area contributed by atoms with Crippen LogP contribution in [0.15, 0.2) is 24.3 Å². The number of piperidine rings is 1. The van der Waals surface area contributed by atoms with E-state index < -0.39 is 5.92 Å². The summed E-state index contributed by atoms with van der Waals surface area (Å²) in [5.74, 6) is -0.873. The number of hydrogen-bond acceptors (Lipinski definition) is 4. The number of carbonyl (C=O) groups excluding carboxylic acids is 1. The van der Waals surface area contributed by atoms with Crippen molar-refractivity contribution >= 4 is 5.97 Å². The number of allylic oxidation sites excluding steroid dienone is 2. The summed E-state index contributed by atoms with van der Waals surface area (Å²) in [5.41, 5.74) is 0.795. The highest BCUT2D eigenvalue weighted by Gasteiger charge is 2.40. The fourth-order valence-electron chi connectivity index (χ4n) is 3.41. The third kappa shape index (κ3) is 3.13. The number of aliphatic hydroxyl groups is 1. The largest absolute Gasteiger partial charge is 0.462 e. The van der Waals surface area contributed by atoms with Crippen LogP contribution in [-0.2, 0) is 9.53 Å². The first-order valence-corrected chi connectivity index (χ1v) is 7.39. The zero-order valence-electron chi connectivity index (χ0n) is 12.4. The lowest BCUT2D eigenvalue weighted by Gasteiger charge is -2.36. The van der Waals surface area contributed by atoms with Crippen molar-refractivity contribution in [3.05, 3.63) is 24.3 Å². The first-order chi connectivity index (χ1) is 9.56. The summed E-state index contributed by atoms with van der Waals surface area (Å²) in [6, 6.07) is 1.09. The smallest absolute Gasteiger partial charge is 0.315 e. The van der Waals surface area contributed by atoms with Crippen LogP contribution in [0.5, 0.6) is 0 Å². The summed E-state index contributed by atoms with van der Waals surface area (Å²) in [7, 11) is 2.16. The summed E-state index contributed by atoms with van der Waals surface area (Å²) >= 11 is 0. The van der Waals surface area contributed by atoms with Crippen LogP contribution in [0.2, 0.25) is 0 Å². The van der Waals surface area contributed by atoms with E-state index in [0.29, 0.717) is 12.1 Å². The van der Waals surface area contributed by atoms with Gasteiger partial charge in [-0.3, -0.25) is 4.79 Å². The van der Waals surface area contributed by atoms with Crippen LogP contribution in [0.1, 0.15) is 32.6 Å². The molecular formula is C16H25NO3. The van der Waals surface area contributed by atoms with Gasteiger partial charge in [-0.05, 0) is 39.7 Å². The molecule has 2 fully saturated rings. The lowest BCUT2D eigenvalue weighted by Crippen LogP contribution is -2.44. The molecule has 2 aliphatic rings. The zero-order chi connectivity index (χ0) is 14.7. The lowest BCUT2D eigenvalue weighted by atomic mass is 9.98. The van der Waals surface area contributed by atoms with Gasteiger partial charge in [-0.1, -0.05) is 24.3 Å². The van der Waals surface area contributed by atoms with Gasteiger partial charge in [-0.2, -0.15) is 0 Å². The molecule has 4 heteroatoms. The van der Waals surface area contributed by atoms with E-state index in [0.717, 1.165) is 18.4 Å². The van der Waals surface area contributed by atoms with Crippen molar-refractivity contribution in [3.63, 3.8) is 0 Å². The van der Waals surface area contributed by atoms with Crippen molar-refractivity contribution in [2.75, 3.05) is 13.7 Å². The second-order valence-corrected chi connectivity index (χ2v) is 5.96. The molecule has 0 radical (unpaired) electrons. The van der Waals surface area contributed by atoms with E-state index in [4.69, 9.17) is 4.74 Å². The molecular weight excluding hydrogens is 254 g/mol. The van der Waals surface area contributed by atoms with Crippen LogP contribution in [0, 0.1) is 5.92 Å². The van der Waals surface area contributed by atoms with Gasteiger partial charge in [0.2, 0.25) is 0 Å². The van der Waals surface area contributed by atoms with Gasteiger partial charge in [0, 0.05) is 12.1 Å². The third-order valence-electron chi connectivity index (χ3n) is 4.74. The molecule has 2 aliphatic heterocycles. The number of aliphatic hydroxyl groups excluding tert-OH is 1. The molecule has 0 amide bonds. The quantitative estimate of drug-likeness (QED) is 0.617. The Morgan fingerprint density at radius 1 is 1.45 bits per heavy atom. The highest BCUT2D eigenvalue weighted by atomic mass is 16.5. The predicted molar refractivity (Wildman–Crippen MR) is 78.2 cm³/mol. The maximum Gasteiger partial charge on any atom is 0.315 e. The highest BCUT2D eigenvalue weighted by molar-refractivity contribution is 5.76. The van der Waals surface area contributed by atoms with Crippen molar-refractivity contribution in [2.24, 2.45) is 5.92 Å². The third-order valence-corrected chi connectivity index (χ3v) is 4.74. The zero-order valence-corrected chi connectivity index (χ0v) is 12.4. The van der Waals surface area contributed by atoms with Gasteiger partial charge in [0.15, 0.2) is 0 Å². The van der Waals surface area contributed by atoms with Gasteiger partial charge in [-0.15, -0.1) is 0 Å². The van der Waals surface area contributed by atoms with Crippen LogP contribution < -0.4 is 0 Å². The molecule has 2 rings (SSSR count). The summed E-state index contributed by atoms with van der Waals surface area (Å²) < 4.78 is 5.64. The Balaban J connectivity index is 1.94. The van der Waals surface area contributed by atoms with Gasteiger partial charge in [0.1, 0.15) is 12.0 Å². The molecule has 112 valence electrons. The maximum absolute atomic E-state index is 12.2. The Kier molecular flexibility index (Phi) is 5.00. The second kappa shape index (κ2) is 6.55. The molecule has 1 N–H and O–H groups in total. The molecule has 20 heavy (non-hydrogen) atoms. The van der Waals surface area contributed by atoms with Gasteiger partial charge in [0.05, 0.1) is 6.61 Å². The molecule has 0 saturated carbocycles. The molecule has 2 saturated heterocycles. The predicted octanol–water partition coefficient (Wildman–Crippen LogP) is 1.90. The van der Waals surface area contributed by atoms with Crippen LogP contribution >= 0.6 is 0 Å². The number of fused-ring (bicyclic) bond motifs is 2. The Bertz CT molecular complexity index is 391. The Hall–Kier alpha value is -1.13. The topological polar surface area (TPSA) is 49.8 Å². The molecule has 2 unspecified atom stereocenters. The average Bonchev–Trinajstić information content (AvgIpc) is 2.63. The van der Waals surface area contributed by atoms with Gasteiger partial charge < -0.3 is 14.7 Å². The molecule has 4 nitrogen and oxygen atoms in total. The standard InChI is InChI=1S/C16H25NO3/c1-4-5-11(2)15(10-18)16(19)20-14-8-12-6-7-13(9-14)17(12)3/h4-5,12-15,18H,1,6-10H2,2-3H3/b11-5+/t12-,13+,14?,15?. The Morgan fingerprint density at radius 2 is 2.05 bits per heavy atom. The minimum Gasteiger partial charge on any atom is -0.462 e. The molecule has 0 aromatic carbocycles. The van der Waals surface area contributed by atoms with E-state index in [2.05, 4.69) is 18.5 Å². The van der Waals surface area contributed by atoms with Crippen molar-refractivity contribution in [1.29, 1.82) is 0 Å². The molecule has 2 heterocycles. The van der Waals surface area contributed by atoms with E-state index in [1.807, 2.05) is 6.92 Å². The van der Waals surface area contributed by atoms with Crippen LogP contribution in [0.4, 0.5) is 0 Å². The van der Waals surface area contributed by atoms with E-state index in [9.17, 15) is 9.90 Å². The number of ether oxygens (including phenoxy) is 1. The van der Waals surface area contributed by atoms with Crippen molar-refractivity contribution in [3.8, 4) is 0 Å². The number of esters is 1. The van der Waals surface area contributed by atoms with Gasteiger partial charge in [-0.25, -0.2) is 0 Å². The minimum absolute atomic E-state index is 0.00165. The van der Waals surface area contributed by atoms with Gasteiger partial charge in [0.25, 0.3) is 0 Å². The first-order valence-electron chi connectivity index (χ1n) is 7.39. The second-order valence-electron chi connectivity index (χ2n) is 5.96. The normalized spacial score (nSPS) is 31.9. The van der Waals surface area contributed by atoms with Crippen LogP contribution in [-0.4, -0.2) is 47.8 Å². The van der Waals surface area contributed by atoms with Crippen molar-refractivity contribution in [2.45, 2.75) is 50.8 Å². The molecule has 4 atom stereocenters. The van der Waals surface area contributed by atoms with E-state index in [1.54, 1.807) is 12.2 Å². The summed E-state index contributed by atoms with van der Waals surface area (Å²) in [6.07, 6.45) is 7.62. The molecule has 0 aromatic rings. The van der Waals surface area contributed by atoms with Crippen LogP contribution in [0.25, 0.3) is 0 Å². The number of carbonyl (C=O) groups is 1. The summed E-state index contributed by atoms with van der Waals surface area (Å²) in [5, 5.41) is 9.40. The van der Waals surface area contributed by atoms with E-state index in [-0.39, 0.29) is 18.7 Å². The molecule has 0 aromatic heterocycles. The molecule has 2 bridgehead atoms. The maximum atomic E-state index is 12.2. The summed E-state index contributed by atoms with van der Waals surface area (Å²) in [4.78, 5) is 14.6. The average molecular weight is 279 g/mol. The van der Waals surface area contributed by atoms with Crippen molar-refractivity contribution in [1.82, 2.24) is 4.90 Å². The Morgan fingerprint density at radius 3 is 2.55 bits per heavy atom. The monoisotopic (exact) mass is 279 g/mol. The Labute approximate surface area is 121 Å². The number of nitrogens with zero attached hydrogens (tertiary/aromatic N) is 1. The van der Waals surface area contributed by atoms with Crippen LogP contribution in [0.3, 0.4) is 0 Å². The minimum atomic E-state index is -0.565. The fourth-order valence-corrected chi connectivity index (χ4v) is 3.41. The van der Waals surface area contributed by atoms with E-state index >= 15 is 0 Å². The van der Waals surface area contributed by atoms with E-state index in [1.165, 1.54) is 12.8 Å². The number of rotatable bonds is 5.